The molecule has 0 radical (unpaired) electrons. The summed E-state index contributed by atoms with van der Waals surface area (Å²) in [5, 5.41) is 9.28. The van der Waals surface area contributed by atoms with Crippen LogP contribution in [-0.4, -0.2) is 33.3 Å². The predicted octanol–water partition coefficient (Wildman–Crippen LogP) is 1.61. The third kappa shape index (κ3) is 3.71. The maximum atomic E-state index is 12.5. The molecule has 1 aromatic carbocycles. The Morgan fingerprint density at radius 3 is 2.10 bits per heavy atom. The zero-order valence-corrected chi connectivity index (χ0v) is 13.4. The second kappa shape index (κ2) is 6.56. The largest absolute Gasteiger partial charge is 0.497 e. The van der Waals surface area contributed by atoms with Gasteiger partial charge in [-0.3, -0.25) is 0 Å². The normalized spacial score (nSPS) is 13.6. The molecular weight excluding hydrogens is 278 g/mol. The number of rotatable bonds is 6. The number of methoxy groups -OCH3 is 1. The molecule has 1 aromatic rings. The van der Waals surface area contributed by atoms with Crippen LogP contribution in [0.3, 0.4) is 0 Å². The summed E-state index contributed by atoms with van der Waals surface area (Å²) in [6.07, 6.45) is 0. The van der Waals surface area contributed by atoms with Gasteiger partial charge >= 0.3 is 0 Å². The van der Waals surface area contributed by atoms with Crippen molar-refractivity contribution in [3.63, 3.8) is 0 Å². The van der Waals surface area contributed by atoms with Gasteiger partial charge in [0.1, 0.15) is 5.75 Å². The van der Waals surface area contributed by atoms with E-state index in [1.807, 2.05) is 13.8 Å². The first kappa shape index (κ1) is 16.9. The van der Waals surface area contributed by atoms with Crippen LogP contribution in [0.15, 0.2) is 17.0 Å². The molecule has 5 nitrogen and oxygen atoms in total. The van der Waals surface area contributed by atoms with Gasteiger partial charge in [0.05, 0.1) is 18.6 Å². The third-order valence-corrected chi connectivity index (χ3v) is 5.04. The zero-order chi connectivity index (χ0) is 15.5. The molecule has 0 amide bonds. The molecule has 1 unspecified atom stereocenters. The van der Waals surface area contributed by atoms with Gasteiger partial charge in [-0.25, -0.2) is 13.1 Å². The Labute approximate surface area is 121 Å². The van der Waals surface area contributed by atoms with Crippen molar-refractivity contribution in [1.29, 1.82) is 0 Å². The maximum absolute atomic E-state index is 12.5. The quantitative estimate of drug-likeness (QED) is 0.837. The average Bonchev–Trinajstić information content (AvgIpc) is 2.34. The van der Waals surface area contributed by atoms with Crippen molar-refractivity contribution in [2.75, 3.05) is 13.7 Å². The zero-order valence-electron chi connectivity index (χ0n) is 12.6. The number of ether oxygens (including phenoxy) is 1. The van der Waals surface area contributed by atoms with Crippen molar-refractivity contribution in [2.45, 2.75) is 38.6 Å². The van der Waals surface area contributed by atoms with Gasteiger partial charge in [0.25, 0.3) is 0 Å². The summed E-state index contributed by atoms with van der Waals surface area (Å²) in [6.45, 7) is 6.94. The Morgan fingerprint density at radius 2 is 1.75 bits per heavy atom. The number of aryl methyl sites for hydroxylation is 2. The number of hydrogen-bond acceptors (Lipinski definition) is 4. The van der Waals surface area contributed by atoms with Gasteiger partial charge in [0.2, 0.25) is 10.0 Å². The van der Waals surface area contributed by atoms with E-state index < -0.39 is 16.1 Å². The molecule has 0 spiro atoms. The van der Waals surface area contributed by atoms with E-state index in [2.05, 4.69) is 4.72 Å². The Balaban J connectivity index is 3.22. The highest BCUT2D eigenvalue weighted by Crippen LogP contribution is 2.26. The Bertz CT molecular complexity index is 544. The highest BCUT2D eigenvalue weighted by atomic mass is 32.2. The smallest absolute Gasteiger partial charge is 0.241 e. The lowest BCUT2D eigenvalue weighted by Gasteiger charge is -2.21. The maximum Gasteiger partial charge on any atom is 0.241 e. The van der Waals surface area contributed by atoms with E-state index in [1.165, 1.54) is 0 Å². The van der Waals surface area contributed by atoms with Crippen molar-refractivity contribution >= 4 is 10.0 Å². The second-order valence-corrected chi connectivity index (χ2v) is 6.90. The highest BCUT2D eigenvalue weighted by Gasteiger charge is 2.25. The lowest BCUT2D eigenvalue weighted by atomic mass is 10.1. The molecular formula is C14H23NO4S. The summed E-state index contributed by atoms with van der Waals surface area (Å²) in [7, 11) is -2.13. The Hall–Kier alpha value is -1.11. The molecule has 2 N–H and O–H groups in total. The Morgan fingerprint density at radius 1 is 1.25 bits per heavy atom. The number of aliphatic hydroxyl groups excluding tert-OH is 1. The molecule has 0 aliphatic rings. The Kier molecular flexibility index (Phi) is 5.56. The van der Waals surface area contributed by atoms with Crippen molar-refractivity contribution in [3.8, 4) is 5.75 Å². The van der Waals surface area contributed by atoms with Crippen LogP contribution in [0.1, 0.15) is 25.0 Å². The number of sulfonamides is 1. The van der Waals surface area contributed by atoms with Crippen LogP contribution in [0.4, 0.5) is 0 Å². The average molecular weight is 301 g/mol. The van der Waals surface area contributed by atoms with Gasteiger partial charge in [-0.15, -0.1) is 0 Å². The van der Waals surface area contributed by atoms with Crippen molar-refractivity contribution in [1.82, 2.24) is 4.72 Å². The van der Waals surface area contributed by atoms with Gasteiger partial charge in [-0.1, -0.05) is 13.8 Å². The van der Waals surface area contributed by atoms with Crippen LogP contribution in [0.25, 0.3) is 0 Å². The number of aliphatic hydroxyl groups is 1. The van der Waals surface area contributed by atoms with E-state index >= 15 is 0 Å². The van der Waals surface area contributed by atoms with Crippen LogP contribution in [-0.2, 0) is 10.0 Å². The summed E-state index contributed by atoms with van der Waals surface area (Å²) in [6, 6.07) is 2.87. The van der Waals surface area contributed by atoms with Crippen LogP contribution < -0.4 is 9.46 Å². The van der Waals surface area contributed by atoms with Gasteiger partial charge in [-0.05, 0) is 43.0 Å². The molecule has 0 saturated heterocycles. The van der Waals surface area contributed by atoms with Crippen molar-refractivity contribution in [3.05, 3.63) is 23.3 Å². The van der Waals surface area contributed by atoms with Gasteiger partial charge < -0.3 is 9.84 Å². The monoisotopic (exact) mass is 301 g/mol. The summed E-state index contributed by atoms with van der Waals surface area (Å²) in [4.78, 5) is 0.248. The fourth-order valence-corrected chi connectivity index (χ4v) is 3.92. The SMILES string of the molecule is COc1cc(C)c(S(=O)(=O)NC(CO)C(C)C)c(C)c1. The van der Waals surface area contributed by atoms with Crippen LogP contribution in [0.2, 0.25) is 0 Å². The fourth-order valence-electron chi connectivity index (χ4n) is 2.09. The topological polar surface area (TPSA) is 75.6 Å². The van der Waals surface area contributed by atoms with E-state index in [-0.39, 0.29) is 17.4 Å². The summed E-state index contributed by atoms with van der Waals surface area (Å²) in [5.74, 6) is 0.634. The number of hydrogen-bond donors (Lipinski definition) is 2. The summed E-state index contributed by atoms with van der Waals surface area (Å²) in [5.41, 5.74) is 1.24. The van der Waals surface area contributed by atoms with Gasteiger partial charge in [0, 0.05) is 6.04 Å². The third-order valence-electron chi connectivity index (χ3n) is 3.25. The molecule has 0 heterocycles. The first-order valence-corrected chi connectivity index (χ1v) is 7.99. The molecule has 0 bridgehead atoms. The fraction of sp³-hybridized carbons (Fsp3) is 0.571. The van der Waals surface area contributed by atoms with E-state index in [9.17, 15) is 13.5 Å². The lowest BCUT2D eigenvalue weighted by molar-refractivity contribution is 0.227. The van der Waals surface area contributed by atoms with E-state index in [1.54, 1.807) is 33.1 Å². The first-order chi connectivity index (χ1) is 9.22. The standard InChI is InChI=1S/C14H23NO4S/c1-9(2)13(8-16)15-20(17,18)14-10(3)6-12(19-5)7-11(14)4/h6-7,9,13,15-16H,8H2,1-5H3. The predicted molar refractivity (Wildman–Crippen MR) is 78.5 cm³/mol. The summed E-state index contributed by atoms with van der Waals surface area (Å²) < 4.78 is 32.7. The summed E-state index contributed by atoms with van der Waals surface area (Å²) >= 11 is 0. The number of nitrogens with one attached hydrogen (secondary N) is 1. The minimum Gasteiger partial charge on any atom is -0.497 e. The van der Waals surface area contributed by atoms with E-state index in [0.29, 0.717) is 16.9 Å². The second-order valence-electron chi connectivity index (χ2n) is 5.24. The van der Waals surface area contributed by atoms with Crippen LogP contribution in [0, 0.1) is 19.8 Å². The molecule has 0 saturated carbocycles. The number of benzene rings is 1. The van der Waals surface area contributed by atoms with E-state index in [4.69, 9.17) is 4.74 Å². The first-order valence-electron chi connectivity index (χ1n) is 6.51. The molecule has 20 heavy (non-hydrogen) atoms. The van der Waals surface area contributed by atoms with Gasteiger partial charge in [0.15, 0.2) is 0 Å². The van der Waals surface area contributed by atoms with Crippen molar-refractivity contribution < 1.29 is 18.3 Å². The van der Waals surface area contributed by atoms with Crippen molar-refractivity contribution in [2.24, 2.45) is 5.92 Å². The molecule has 0 aliphatic heterocycles. The molecule has 6 heteroatoms. The van der Waals surface area contributed by atoms with E-state index in [0.717, 1.165) is 0 Å². The minimum absolute atomic E-state index is 0.00800. The van der Waals surface area contributed by atoms with Gasteiger partial charge in [-0.2, -0.15) is 0 Å². The molecule has 0 aliphatic carbocycles. The minimum atomic E-state index is -3.67. The molecule has 0 aromatic heterocycles. The van der Waals surface area contributed by atoms with Crippen LogP contribution >= 0.6 is 0 Å². The molecule has 1 atom stereocenters. The molecule has 0 fully saturated rings. The van der Waals surface area contributed by atoms with Crippen LogP contribution in [0.5, 0.6) is 5.75 Å². The lowest BCUT2D eigenvalue weighted by Crippen LogP contribution is -2.41. The molecule has 1 rings (SSSR count). The highest BCUT2D eigenvalue weighted by molar-refractivity contribution is 7.89. The molecule has 114 valence electrons.